The zero-order chi connectivity index (χ0) is 19.8. The molecule has 0 unspecified atom stereocenters. The molecule has 2 amide bonds. The Labute approximate surface area is 164 Å². The van der Waals surface area contributed by atoms with E-state index in [0.29, 0.717) is 11.4 Å². The number of rotatable bonds is 6. The van der Waals surface area contributed by atoms with Crippen LogP contribution in [0, 0.1) is 5.92 Å². The Bertz CT molecular complexity index is 802. The van der Waals surface area contributed by atoms with Crippen molar-refractivity contribution < 1.29 is 14.3 Å². The third-order valence-corrected chi connectivity index (χ3v) is 3.92. The van der Waals surface area contributed by atoms with E-state index in [9.17, 15) is 9.59 Å². The summed E-state index contributed by atoms with van der Waals surface area (Å²) in [6.45, 7) is 3.66. The summed E-state index contributed by atoms with van der Waals surface area (Å²) in [7, 11) is 1.59. The van der Waals surface area contributed by atoms with Crippen molar-refractivity contribution in [2.24, 2.45) is 5.92 Å². The van der Waals surface area contributed by atoms with E-state index in [1.807, 2.05) is 26.0 Å². The van der Waals surface area contributed by atoms with Crippen molar-refractivity contribution in [2.45, 2.75) is 20.3 Å². The molecule has 0 aromatic heterocycles. The van der Waals surface area contributed by atoms with Gasteiger partial charge < -0.3 is 20.7 Å². The predicted octanol–water partition coefficient (Wildman–Crippen LogP) is 3.35. The molecule has 0 aliphatic carbocycles. The molecule has 3 N–H and O–H groups in total. The maximum atomic E-state index is 12.1. The number of nitrogens with one attached hydrogen (secondary N) is 3. The summed E-state index contributed by atoms with van der Waals surface area (Å²) in [6.07, 6.45) is 0.214. The first kappa shape index (κ1) is 20.4. The van der Waals surface area contributed by atoms with Gasteiger partial charge in [-0.25, -0.2) is 0 Å². The molecule has 27 heavy (non-hydrogen) atoms. The van der Waals surface area contributed by atoms with Crippen LogP contribution >= 0.6 is 12.2 Å². The number of anilines is 2. The molecule has 0 fully saturated rings. The lowest BCUT2D eigenvalue weighted by molar-refractivity contribution is -0.119. The van der Waals surface area contributed by atoms with Gasteiger partial charge in [-0.1, -0.05) is 26.0 Å². The minimum atomic E-state index is -0.210. The highest BCUT2D eigenvalue weighted by Gasteiger charge is 2.08. The molecule has 0 spiro atoms. The topological polar surface area (TPSA) is 79.5 Å². The summed E-state index contributed by atoms with van der Waals surface area (Å²) in [5.41, 5.74) is 2.28. The quantitative estimate of drug-likeness (QED) is 0.665. The first-order chi connectivity index (χ1) is 12.9. The molecule has 0 heterocycles. The monoisotopic (exact) mass is 385 g/mol. The number of thiocarbonyl (C=S) groups is 1. The van der Waals surface area contributed by atoms with E-state index >= 15 is 0 Å². The minimum Gasteiger partial charge on any atom is -0.497 e. The normalized spacial score (nSPS) is 10.2. The van der Waals surface area contributed by atoms with Gasteiger partial charge in [-0.3, -0.25) is 9.59 Å². The minimum absolute atomic E-state index is 0.0444. The van der Waals surface area contributed by atoms with Gasteiger partial charge in [-0.05, 0) is 54.2 Å². The molecule has 2 aromatic rings. The lowest BCUT2D eigenvalue weighted by Crippen LogP contribution is -2.35. The Morgan fingerprint density at radius 3 is 2.04 bits per heavy atom. The van der Waals surface area contributed by atoms with Crippen LogP contribution in [0.15, 0.2) is 48.5 Å². The molecule has 0 radical (unpaired) electrons. The van der Waals surface area contributed by atoms with Crippen molar-refractivity contribution in [3.8, 4) is 5.75 Å². The fourth-order valence-electron chi connectivity index (χ4n) is 2.19. The third kappa shape index (κ3) is 6.71. The number of ether oxygens (including phenoxy) is 1. The van der Waals surface area contributed by atoms with Gasteiger partial charge >= 0.3 is 0 Å². The number of carbonyl (C=O) groups excluding carboxylic acids is 2. The van der Waals surface area contributed by atoms with Crippen LogP contribution in [-0.2, 0) is 16.0 Å². The highest BCUT2D eigenvalue weighted by molar-refractivity contribution is 7.80. The van der Waals surface area contributed by atoms with Gasteiger partial charge in [0.05, 0.1) is 13.5 Å². The first-order valence-corrected chi connectivity index (χ1v) is 8.93. The van der Waals surface area contributed by atoms with E-state index in [1.54, 1.807) is 43.5 Å². The summed E-state index contributed by atoms with van der Waals surface area (Å²) in [6, 6.07) is 14.4. The maximum absolute atomic E-state index is 12.1. The Balaban J connectivity index is 1.83. The molecule has 0 atom stereocenters. The fourth-order valence-corrected chi connectivity index (χ4v) is 2.42. The summed E-state index contributed by atoms with van der Waals surface area (Å²) in [4.78, 5) is 23.8. The van der Waals surface area contributed by atoms with E-state index in [-0.39, 0.29) is 29.3 Å². The Morgan fingerprint density at radius 2 is 1.52 bits per heavy atom. The van der Waals surface area contributed by atoms with E-state index in [0.717, 1.165) is 11.3 Å². The number of methoxy groups -OCH3 is 1. The molecule has 0 aliphatic rings. The number of benzene rings is 2. The van der Waals surface area contributed by atoms with Crippen LogP contribution in [0.25, 0.3) is 0 Å². The van der Waals surface area contributed by atoms with Crippen LogP contribution in [0.2, 0.25) is 0 Å². The molecule has 2 aromatic carbocycles. The van der Waals surface area contributed by atoms with E-state index in [4.69, 9.17) is 17.0 Å². The van der Waals surface area contributed by atoms with Crippen molar-refractivity contribution in [3.63, 3.8) is 0 Å². The first-order valence-electron chi connectivity index (χ1n) is 8.52. The smallest absolute Gasteiger partial charge is 0.230 e. The van der Waals surface area contributed by atoms with E-state index < -0.39 is 0 Å². The van der Waals surface area contributed by atoms with Crippen LogP contribution in [0.4, 0.5) is 11.4 Å². The second-order valence-electron chi connectivity index (χ2n) is 6.25. The molecular formula is C20H23N3O3S. The summed E-state index contributed by atoms with van der Waals surface area (Å²) in [5, 5.41) is 8.62. The highest BCUT2D eigenvalue weighted by Crippen LogP contribution is 2.15. The summed E-state index contributed by atoms with van der Waals surface area (Å²) in [5.74, 6) is 0.399. The Hall–Kier alpha value is -2.93. The molecule has 142 valence electrons. The number of amides is 2. The third-order valence-electron chi connectivity index (χ3n) is 3.71. The molecule has 0 bridgehead atoms. The van der Waals surface area contributed by atoms with Crippen LogP contribution in [-0.4, -0.2) is 24.0 Å². The van der Waals surface area contributed by atoms with Gasteiger partial charge in [0.15, 0.2) is 5.11 Å². The van der Waals surface area contributed by atoms with Crippen molar-refractivity contribution in [1.82, 2.24) is 5.32 Å². The molecule has 2 rings (SSSR count). The van der Waals surface area contributed by atoms with Crippen LogP contribution in [0.5, 0.6) is 5.75 Å². The van der Waals surface area contributed by atoms with Crippen LogP contribution in [0.3, 0.4) is 0 Å². The average Bonchev–Trinajstić information content (AvgIpc) is 2.63. The SMILES string of the molecule is COc1ccc(CC(=O)NC(=S)Nc2ccc(NC(=O)C(C)C)cc2)cc1. The molecule has 0 saturated carbocycles. The maximum Gasteiger partial charge on any atom is 0.230 e. The van der Waals surface area contributed by atoms with Crippen molar-refractivity contribution in [1.29, 1.82) is 0 Å². The largest absolute Gasteiger partial charge is 0.497 e. The fraction of sp³-hybridized carbons (Fsp3) is 0.250. The number of carbonyl (C=O) groups is 2. The van der Waals surface area contributed by atoms with E-state index in [1.165, 1.54) is 0 Å². The van der Waals surface area contributed by atoms with Gasteiger partial charge in [0.1, 0.15) is 5.75 Å². The molecule has 7 heteroatoms. The van der Waals surface area contributed by atoms with Crippen LogP contribution < -0.4 is 20.7 Å². The zero-order valence-corrected chi connectivity index (χ0v) is 16.4. The molecule has 6 nitrogen and oxygen atoms in total. The van der Waals surface area contributed by atoms with Gasteiger partial charge in [0.25, 0.3) is 0 Å². The number of hydrogen-bond donors (Lipinski definition) is 3. The lowest BCUT2D eigenvalue weighted by Gasteiger charge is -2.11. The van der Waals surface area contributed by atoms with E-state index in [2.05, 4.69) is 16.0 Å². The molecular weight excluding hydrogens is 362 g/mol. The Kier molecular flexibility index (Phi) is 7.31. The van der Waals surface area contributed by atoms with Gasteiger partial charge in [-0.2, -0.15) is 0 Å². The standard InChI is InChI=1S/C20H23N3O3S/c1-13(2)19(25)21-15-6-8-16(9-7-15)22-20(27)23-18(24)12-14-4-10-17(26-3)11-5-14/h4-11,13H,12H2,1-3H3,(H,21,25)(H2,22,23,24,27). The summed E-state index contributed by atoms with van der Waals surface area (Å²) >= 11 is 5.17. The molecule has 0 aliphatic heterocycles. The van der Waals surface area contributed by atoms with Crippen molar-refractivity contribution >= 4 is 40.5 Å². The average molecular weight is 385 g/mol. The van der Waals surface area contributed by atoms with Gasteiger partial charge in [-0.15, -0.1) is 0 Å². The van der Waals surface area contributed by atoms with Crippen molar-refractivity contribution in [2.75, 3.05) is 17.7 Å². The second kappa shape index (κ2) is 9.68. The van der Waals surface area contributed by atoms with Gasteiger partial charge in [0.2, 0.25) is 11.8 Å². The number of hydrogen-bond acceptors (Lipinski definition) is 4. The predicted molar refractivity (Wildman–Crippen MR) is 111 cm³/mol. The molecule has 0 saturated heterocycles. The summed E-state index contributed by atoms with van der Waals surface area (Å²) < 4.78 is 5.09. The lowest BCUT2D eigenvalue weighted by atomic mass is 10.1. The van der Waals surface area contributed by atoms with Gasteiger partial charge in [0, 0.05) is 17.3 Å². The van der Waals surface area contributed by atoms with Crippen molar-refractivity contribution in [3.05, 3.63) is 54.1 Å². The second-order valence-corrected chi connectivity index (χ2v) is 6.66. The Morgan fingerprint density at radius 1 is 0.963 bits per heavy atom. The zero-order valence-electron chi connectivity index (χ0n) is 15.5. The van der Waals surface area contributed by atoms with Crippen LogP contribution in [0.1, 0.15) is 19.4 Å². The highest BCUT2D eigenvalue weighted by atomic mass is 32.1.